The molecular weight excluding hydrogens is 470 g/mol. The molecular formula is C29H41N3O5. The van der Waals surface area contributed by atoms with Crippen LogP contribution in [0.2, 0.25) is 0 Å². The van der Waals surface area contributed by atoms with E-state index in [1.165, 1.54) is 4.90 Å². The number of carbonyl (C=O) groups is 3. The Labute approximate surface area is 220 Å². The number of hydrogen-bond donors (Lipinski definition) is 3. The van der Waals surface area contributed by atoms with Crippen LogP contribution in [0.5, 0.6) is 0 Å². The molecule has 0 heterocycles. The third-order valence-corrected chi connectivity index (χ3v) is 5.58. The number of benzene rings is 2. The summed E-state index contributed by atoms with van der Waals surface area (Å²) in [4.78, 5) is 41.4. The molecule has 3 amide bonds. The highest BCUT2D eigenvalue weighted by molar-refractivity contribution is 5.92. The van der Waals surface area contributed by atoms with E-state index < -0.39 is 29.7 Å². The fourth-order valence-corrected chi connectivity index (χ4v) is 3.92. The van der Waals surface area contributed by atoms with Gasteiger partial charge in [-0.1, -0.05) is 74.0 Å². The Hall–Kier alpha value is -3.39. The summed E-state index contributed by atoms with van der Waals surface area (Å²) in [6, 6.07) is 14.9. The Morgan fingerprint density at radius 2 is 1.62 bits per heavy atom. The molecule has 8 nitrogen and oxygen atoms in total. The van der Waals surface area contributed by atoms with Gasteiger partial charge in [-0.15, -0.1) is 0 Å². The van der Waals surface area contributed by atoms with Crippen molar-refractivity contribution in [2.24, 2.45) is 5.92 Å². The van der Waals surface area contributed by atoms with E-state index in [1.807, 2.05) is 63.2 Å². The van der Waals surface area contributed by atoms with Gasteiger partial charge in [0.1, 0.15) is 17.7 Å². The molecule has 8 heteroatoms. The second-order valence-corrected chi connectivity index (χ2v) is 10.6. The summed E-state index contributed by atoms with van der Waals surface area (Å²) in [5.74, 6) is -0.770. The lowest BCUT2D eigenvalue weighted by atomic mass is 9.98. The predicted octanol–water partition coefficient (Wildman–Crippen LogP) is 4.11. The molecule has 0 fully saturated rings. The minimum atomic E-state index is -1.00. The topological polar surface area (TPSA) is 108 Å². The molecule has 2 aromatic carbocycles. The lowest BCUT2D eigenvalue weighted by molar-refractivity contribution is -0.143. The van der Waals surface area contributed by atoms with Gasteiger partial charge < -0.3 is 25.4 Å². The Bertz CT molecular complexity index is 1020. The zero-order chi connectivity index (χ0) is 27.6. The fraction of sp³-hybridized carbons (Fsp3) is 0.483. The molecule has 37 heavy (non-hydrogen) atoms. The van der Waals surface area contributed by atoms with Crippen molar-refractivity contribution in [3.05, 3.63) is 71.3 Å². The van der Waals surface area contributed by atoms with Gasteiger partial charge in [-0.2, -0.15) is 0 Å². The van der Waals surface area contributed by atoms with Crippen molar-refractivity contribution in [3.8, 4) is 0 Å². The van der Waals surface area contributed by atoms with Gasteiger partial charge in [-0.25, -0.2) is 4.79 Å². The number of nitrogens with one attached hydrogen (secondary N) is 2. The van der Waals surface area contributed by atoms with Crippen molar-refractivity contribution in [1.29, 1.82) is 0 Å². The van der Waals surface area contributed by atoms with Crippen LogP contribution >= 0.6 is 0 Å². The molecule has 0 spiro atoms. The lowest BCUT2D eigenvalue weighted by Crippen LogP contribution is -2.54. The van der Waals surface area contributed by atoms with Crippen molar-refractivity contribution in [3.63, 3.8) is 0 Å². The molecule has 2 unspecified atom stereocenters. The second-order valence-electron chi connectivity index (χ2n) is 10.6. The zero-order valence-electron chi connectivity index (χ0n) is 22.8. The van der Waals surface area contributed by atoms with Crippen molar-refractivity contribution in [2.75, 3.05) is 13.2 Å². The SMILES string of the molecule is Cc1ccc(C(C(=O)NCc2ccccc2)N(CCO)C(=O)C(CC(C)C)NC(=O)OC(C)(C)C)cc1. The van der Waals surface area contributed by atoms with Gasteiger partial charge in [0.15, 0.2) is 0 Å². The number of nitrogens with zero attached hydrogens (tertiary/aromatic N) is 1. The van der Waals surface area contributed by atoms with Crippen molar-refractivity contribution < 1.29 is 24.2 Å². The monoisotopic (exact) mass is 511 g/mol. The van der Waals surface area contributed by atoms with Crippen molar-refractivity contribution in [1.82, 2.24) is 15.5 Å². The Morgan fingerprint density at radius 1 is 1.00 bits per heavy atom. The van der Waals surface area contributed by atoms with E-state index in [2.05, 4.69) is 10.6 Å². The molecule has 2 aromatic rings. The predicted molar refractivity (Wildman–Crippen MR) is 144 cm³/mol. The maximum atomic E-state index is 13.9. The van der Waals surface area contributed by atoms with Crippen LogP contribution in [-0.2, 0) is 20.9 Å². The second kappa shape index (κ2) is 13.8. The van der Waals surface area contributed by atoms with Gasteiger partial charge in [0, 0.05) is 13.1 Å². The molecule has 0 saturated carbocycles. The zero-order valence-corrected chi connectivity index (χ0v) is 22.8. The van der Waals surface area contributed by atoms with Crippen LogP contribution in [-0.4, -0.2) is 52.7 Å². The van der Waals surface area contributed by atoms with Crippen LogP contribution < -0.4 is 10.6 Å². The number of aryl methyl sites for hydroxylation is 1. The fourth-order valence-electron chi connectivity index (χ4n) is 3.92. The molecule has 0 aliphatic rings. The molecule has 0 bridgehead atoms. The maximum absolute atomic E-state index is 13.9. The average Bonchev–Trinajstić information content (AvgIpc) is 2.82. The minimum Gasteiger partial charge on any atom is -0.444 e. The summed E-state index contributed by atoms with van der Waals surface area (Å²) in [7, 11) is 0. The highest BCUT2D eigenvalue weighted by atomic mass is 16.6. The number of carbonyl (C=O) groups excluding carboxylic acids is 3. The number of ether oxygens (including phenoxy) is 1. The smallest absolute Gasteiger partial charge is 0.408 e. The van der Waals surface area contributed by atoms with Crippen molar-refractivity contribution in [2.45, 2.75) is 72.2 Å². The maximum Gasteiger partial charge on any atom is 0.408 e. The summed E-state index contributed by atoms with van der Waals surface area (Å²) < 4.78 is 5.38. The summed E-state index contributed by atoms with van der Waals surface area (Å²) in [5, 5.41) is 15.5. The Kier molecular flexibility index (Phi) is 11.1. The molecule has 3 N–H and O–H groups in total. The van der Waals surface area contributed by atoms with E-state index in [4.69, 9.17) is 4.74 Å². The number of rotatable bonds is 11. The first-order valence-electron chi connectivity index (χ1n) is 12.7. The Morgan fingerprint density at radius 3 is 2.16 bits per heavy atom. The third kappa shape index (κ3) is 9.88. The van der Waals surface area contributed by atoms with E-state index in [1.54, 1.807) is 32.9 Å². The van der Waals surface area contributed by atoms with Crippen LogP contribution in [0.1, 0.15) is 63.8 Å². The van der Waals surface area contributed by atoms with Gasteiger partial charge in [0.2, 0.25) is 11.8 Å². The normalized spacial score (nSPS) is 13.0. The van der Waals surface area contributed by atoms with Gasteiger partial charge in [0.25, 0.3) is 0 Å². The molecule has 0 radical (unpaired) electrons. The molecule has 2 atom stereocenters. The quantitative estimate of drug-likeness (QED) is 0.421. The third-order valence-electron chi connectivity index (χ3n) is 5.58. The standard InChI is InChI=1S/C29H41N3O5/c1-20(2)18-24(31-28(36)37-29(4,5)6)27(35)32(16-17-33)25(23-14-12-21(3)13-15-23)26(34)30-19-22-10-8-7-9-11-22/h7-15,20,24-25,33H,16-19H2,1-6H3,(H,30,34)(H,31,36). The van der Waals surface area contributed by atoms with E-state index >= 15 is 0 Å². The molecule has 0 aromatic heterocycles. The average molecular weight is 512 g/mol. The van der Waals surface area contributed by atoms with Crippen LogP contribution in [0.3, 0.4) is 0 Å². The number of aliphatic hydroxyl groups excluding tert-OH is 1. The first-order chi connectivity index (χ1) is 17.4. The van der Waals surface area contributed by atoms with Gasteiger partial charge in [0.05, 0.1) is 6.61 Å². The van der Waals surface area contributed by atoms with E-state index in [0.29, 0.717) is 12.0 Å². The molecule has 202 valence electrons. The van der Waals surface area contributed by atoms with Gasteiger partial charge in [-0.3, -0.25) is 9.59 Å². The Balaban J connectivity index is 2.41. The number of aliphatic hydroxyl groups is 1. The number of alkyl carbamates (subject to hydrolysis) is 1. The van der Waals surface area contributed by atoms with E-state index in [-0.39, 0.29) is 31.5 Å². The summed E-state index contributed by atoms with van der Waals surface area (Å²) in [5.41, 5.74) is 1.81. The molecule has 0 aliphatic heterocycles. The van der Waals surface area contributed by atoms with Gasteiger partial charge in [-0.05, 0) is 51.2 Å². The summed E-state index contributed by atoms with van der Waals surface area (Å²) in [6.45, 7) is 10.9. The molecule has 2 rings (SSSR count). The van der Waals surface area contributed by atoms with Crippen LogP contribution in [0.4, 0.5) is 4.79 Å². The van der Waals surface area contributed by atoms with Gasteiger partial charge >= 0.3 is 6.09 Å². The lowest BCUT2D eigenvalue weighted by Gasteiger charge is -2.34. The highest BCUT2D eigenvalue weighted by Crippen LogP contribution is 2.24. The molecule has 0 aliphatic carbocycles. The van der Waals surface area contributed by atoms with Crippen molar-refractivity contribution >= 4 is 17.9 Å². The van der Waals surface area contributed by atoms with Crippen LogP contribution in [0.15, 0.2) is 54.6 Å². The van der Waals surface area contributed by atoms with Crippen LogP contribution in [0, 0.1) is 12.8 Å². The molecule has 0 saturated heterocycles. The van der Waals surface area contributed by atoms with E-state index in [0.717, 1.165) is 11.1 Å². The minimum absolute atomic E-state index is 0.0737. The van der Waals surface area contributed by atoms with E-state index in [9.17, 15) is 19.5 Å². The highest BCUT2D eigenvalue weighted by Gasteiger charge is 2.36. The number of hydrogen-bond acceptors (Lipinski definition) is 5. The largest absolute Gasteiger partial charge is 0.444 e. The summed E-state index contributed by atoms with van der Waals surface area (Å²) >= 11 is 0. The first kappa shape index (κ1) is 29.8. The number of amides is 3. The van der Waals surface area contributed by atoms with Crippen LogP contribution in [0.25, 0.3) is 0 Å². The first-order valence-corrected chi connectivity index (χ1v) is 12.7. The summed E-state index contributed by atoms with van der Waals surface area (Å²) in [6.07, 6.45) is -0.373.